The number of nitrogens with zero attached hydrogens (tertiary/aromatic N) is 3. The van der Waals surface area contributed by atoms with Gasteiger partial charge in [-0.3, -0.25) is 20.3 Å². The van der Waals surface area contributed by atoms with E-state index >= 15 is 0 Å². The molecule has 1 saturated heterocycles. The number of hydrogen-bond donors (Lipinski definition) is 6. The highest BCUT2D eigenvalue weighted by Gasteiger charge is 2.54. The predicted octanol–water partition coefficient (Wildman–Crippen LogP) is -0.0904. The monoisotopic (exact) mass is 466 g/mol. The van der Waals surface area contributed by atoms with E-state index in [1.807, 2.05) is 0 Å². The van der Waals surface area contributed by atoms with Crippen molar-refractivity contribution in [3.8, 4) is 0 Å². The second kappa shape index (κ2) is 9.38. The number of hydrazone groups is 1. The molecule has 176 valence electrons. The first-order chi connectivity index (χ1) is 15.5. The third-order valence-corrected chi connectivity index (χ3v) is 4.73. The van der Waals surface area contributed by atoms with E-state index in [2.05, 4.69) is 31.6 Å². The van der Waals surface area contributed by atoms with Crippen molar-refractivity contribution in [1.29, 1.82) is 5.41 Å². The van der Waals surface area contributed by atoms with Gasteiger partial charge in [0.15, 0.2) is 11.4 Å². The quantitative estimate of drug-likeness (QED) is 0.224. The van der Waals surface area contributed by atoms with Crippen molar-refractivity contribution in [2.75, 3.05) is 6.54 Å². The molecule has 1 fully saturated rings. The fourth-order valence-electron chi connectivity index (χ4n) is 3.25. The smallest absolute Gasteiger partial charge is 0.333 e. The van der Waals surface area contributed by atoms with Gasteiger partial charge >= 0.3 is 6.55 Å². The highest BCUT2D eigenvalue weighted by molar-refractivity contribution is 6.59. The minimum atomic E-state index is -3.08. The number of carbonyl (C=O) groups is 2. The average Bonchev–Trinajstić information content (AvgIpc) is 3.33. The summed E-state index contributed by atoms with van der Waals surface area (Å²) in [5.41, 5.74) is 0.437. The van der Waals surface area contributed by atoms with Crippen molar-refractivity contribution < 1.29 is 27.9 Å². The molecule has 1 aliphatic rings. The highest BCUT2D eigenvalue weighted by Crippen LogP contribution is 2.30. The fourth-order valence-corrected chi connectivity index (χ4v) is 3.25. The molecule has 33 heavy (non-hydrogen) atoms. The van der Waals surface area contributed by atoms with Gasteiger partial charge in [0, 0.05) is 6.20 Å². The Kier molecular flexibility index (Phi) is 6.78. The molecular weight excluding hydrogens is 445 g/mol. The number of carbonyl (C=O) groups excluding carboxylic acids is 2. The summed E-state index contributed by atoms with van der Waals surface area (Å²) in [5.74, 6) is -4.16. The van der Waals surface area contributed by atoms with Gasteiger partial charge in [0.1, 0.15) is 11.5 Å². The molecule has 1 aromatic carbocycles. The minimum Gasteiger partial charge on any atom is -0.359 e. The van der Waals surface area contributed by atoms with E-state index in [4.69, 9.17) is 5.41 Å². The van der Waals surface area contributed by atoms with Crippen LogP contribution in [0.5, 0.6) is 0 Å². The summed E-state index contributed by atoms with van der Waals surface area (Å²) in [6.07, 6.45) is 1.96. The maximum Gasteiger partial charge on any atom is 0.333 e. The first-order valence-electron chi connectivity index (χ1n) is 9.58. The Bertz CT molecular complexity index is 1070. The summed E-state index contributed by atoms with van der Waals surface area (Å²) in [4.78, 5) is 25.0. The molecule has 0 radical (unpaired) electrons. The van der Waals surface area contributed by atoms with Crippen LogP contribution in [0.2, 0.25) is 0 Å². The largest absolute Gasteiger partial charge is 0.359 e. The van der Waals surface area contributed by atoms with E-state index in [-0.39, 0.29) is 22.7 Å². The van der Waals surface area contributed by atoms with Crippen molar-refractivity contribution in [2.24, 2.45) is 5.10 Å². The molecule has 2 unspecified atom stereocenters. The van der Waals surface area contributed by atoms with Gasteiger partial charge in [-0.1, -0.05) is 12.1 Å². The third kappa shape index (κ3) is 5.35. The molecule has 1 aliphatic heterocycles. The first kappa shape index (κ1) is 23.9. The number of hydrogen-bond acceptors (Lipinski definition) is 8. The summed E-state index contributed by atoms with van der Waals surface area (Å²) < 4.78 is 39.9. The van der Waals surface area contributed by atoms with E-state index in [0.29, 0.717) is 5.56 Å². The molecule has 2 atom stereocenters. The Labute approximate surface area is 185 Å². The third-order valence-electron chi connectivity index (χ3n) is 4.73. The lowest BCUT2D eigenvalue weighted by atomic mass is 9.94. The number of benzene rings is 1. The molecule has 11 nitrogen and oxygen atoms in total. The van der Waals surface area contributed by atoms with Gasteiger partial charge in [0.25, 0.3) is 11.8 Å². The van der Waals surface area contributed by atoms with Gasteiger partial charge < -0.3 is 21.2 Å². The Morgan fingerprint density at radius 1 is 1.36 bits per heavy atom. The lowest BCUT2D eigenvalue weighted by molar-refractivity contribution is -0.126. The lowest BCUT2D eigenvalue weighted by Crippen LogP contribution is -2.57. The van der Waals surface area contributed by atoms with Gasteiger partial charge in [-0.05, 0) is 30.7 Å². The summed E-state index contributed by atoms with van der Waals surface area (Å²) >= 11 is 0. The first-order valence-corrected chi connectivity index (χ1v) is 9.58. The average molecular weight is 466 g/mol. The van der Waals surface area contributed by atoms with Crippen LogP contribution in [0.3, 0.4) is 0 Å². The number of aliphatic hydroxyl groups is 1. The minimum absolute atomic E-state index is 0.214. The van der Waals surface area contributed by atoms with Crippen LogP contribution in [0.15, 0.2) is 41.6 Å². The molecule has 1 aromatic heterocycles. The predicted molar refractivity (Wildman–Crippen MR) is 110 cm³/mol. The Morgan fingerprint density at radius 3 is 2.67 bits per heavy atom. The Balaban J connectivity index is 1.66. The van der Waals surface area contributed by atoms with Crippen LogP contribution in [-0.2, 0) is 21.7 Å². The number of alkyl halides is 2. The highest BCUT2D eigenvalue weighted by atomic mass is 19.3. The molecule has 0 bridgehead atoms. The van der Waals surface area contributed by atoms with Crippen molar-refractivity contribution >= 4 is 23.7 Å². The fraction of sp³-hybridized carbons (Fsp3) is 0.316. The number of halogens is 3. The molecule has 0 spiro atoms. The van der Waals surface area contributed by atoms with Crippen LogP contribution >= 0.6 is 0 Å². The van der Waals surface area contributed by atoms with Crippen molar-refractivity contribution in [1.82, 2.24) is 31.2 Å². The van der Waals surface area contributed by atoms with E-state index in [1.54, 1.807) is 0 Å². The second-order valence-electron chi connectivity index (χ2n) is 7.31. The maximum absolute atomic E-state index is 13.4. The lowest BCUT2D eigenvalue weighted by Gasteiger charge is -2.29. The number of aromatic nitrogens is 2. The van der Waals surface area contributed by atoms with Crippen LogP contribution in [0.4, 0.5) is 13.2 Å². The van der Waals surface area contributed by atoms with Gasteiger partial charge in [-0.2, -0.15) is 19.0 Å². The van der Waals surface area contributed by atoms with Gasteiger partial charge in [0.05, 0.1) is 25.0 Å². The summed E-state index contributed by atoms with van der Waals surface area (Å²) in [6.45, 7) is -2.25. The molecular formula is C19H21F3N8O3. The summed E-state index contributed by atoms with van der Waals surface area (Å²) in [6, 6.07) is 6.77. The van der Waals surface area contributed by atoms with Gasteiger partial charge in [-0.25, -0.2) is 9.07 Å². The van der Waals surface area contributed by atoms with Crippen molar-refractivity contribution in [3.63, 3.8) is 0 Å². The van der Waals surface area contributed by atoms with E-state index in [9.17, 15) is 27.9 Å². The molecule has 2 aromatic rings. The molecule has 6 N–H and O–H groups in total. The second-order valence-corrected chi connectivity index (χ2v) is 7.31. The van der Waals surface area contributed by atoms with Crippen LogP contribution in [-0.4, -0.2) is 51.0 Å². The van der Waals surface area contributed by atoms with Crippen LogP contribution < -0.4 is 21.4 Å². The van der Waals surface area contributed by atoms with Crippen LogP contribution in [0.1, 0.15) is 24.7 Å². The molecule has 0 aliphatic carbocycles. The van der Waals surface area contributed by atoms with E-state index < -0.39 is 42.0 Å². The number of rotatable bonds is 9. The Hall–Kier alpha value is -3.78. The normalized spacial score (nSPS) is 22.5. The topological polar surface area (TPSA) is 157 Å². The van der Waals surface area contributed by atoms with E-state index in [1.165, 1.54) is 31.2 Å². The standard InChI is InChI=1S/C19H21F3N8O3/c1-18(33)28-16(32)19(29-18,14-6-7-27-30(14)17(21)22)10-24-15(31)13(23)9-26-25-8-11-2-4-12(20)5-3-11/h2-7,9,17,23,25,29,33H,8,10H2,1H3,(H,24,31)(H,28,32)/b23-13?,26-9-. The van der Waals surface area contributed by atoms with E-state index in [0.717, 1.165) is 18.5 Å². The van der Waals surface area contributed by atoms with Crippen molar-refractivity contribution in [2.45, 2.75) is 31.4 Å². The molecule has 14 heteroatoms. The van der Waals surface area contributed by atoms with Crippen LogP contribution in [0, 0.1) is 11.2 Å². The van der Waals surface area contributed by atoms with Crippen LogP contribution in [0.25, 0.3) is 0 Å². The maximum atomic E-state index is 13.4. The molecule has 3 rings (SSSR count). The van der Waals surface area contributed by atoms with Crippen molar-refractivity contribution in [3.05, 3.63) is 53.6 Å². The molecule has 0 saturated carbocycles. The molecule has 2 amide bonds. The van der Waals surface area contributed by atoms with Gasteiger partial charge in [-0.15, -0.1) is 0 Å². The van der Waals surface area contributed by atoms with Gasteiger partial charge in [0.2, 0.25) is 0 Å². The number of amides is 2. The molecule has 2 heterocycles. The zero-order valence-corrected chi connectivity index (χ0v) is 17.3. The Morgan fingerprint density at radius 2 is 2.06 bits per heavy atom. The zero-order valence-electron chi connectivity index (χ0n) is 17.3. The zero-order chi connectivity index (χ0) is 24.2. The SMILES string of the molecule is CC1(O)NC(=O)C(CNC(=O)C(=N)/C=N\NCc2ccc(F)cc2)(c2ccnn2C(F)F)N1. The summed E-state index contributed by atoms with van der Waals surface area (Å²) in [7, 11) is 0. The summed E-state index contributed by atoms with van der Waals surface area (Å²) in [5, 5.41) is 32.2. The number of nitrogens with one attached hydrogen (secondary N) is 5.